The van der Waals surface area contributed by atoms with E-state index in [1.807, 2.05) is 24.3 Å². The van der Waals surface area contributed by atoms with Crippen LogP contribution in [-0.4, -0.2) is 21.6 Å². The third-order valence-electron chi connectivity index (χ3n) is 2.37. The lowest BCUT2D eigenvalue weighted by Crippen LogP contribution is -2.25. The van der Waals surface area contributed by atoms with Gasteiger partial charge in [0.1, 0.15) is 6.26 Å². The largest absolute Gasteiger partial charge is 0.476 e. The van der Waals surface area contributed by atoms with E-state index in [-0.39, 0.29) is 11.2 Å². The fourth-order valence-electron chi connectivity index (χ4n) is 1.63. The monoisotopic (exact) mass is 260 g/mol. The van der Waals surface area contributed by atoms with Crippen molar-refractivity contribution in [3.05, 3.63) is 36.2 Å². The summed E-state index contributed by atoms with van der Waals surface area (Å²) in [5.41, 5.74) is 1.63. The Morgan fingerprint density at radius 1 is 1.26 bits per heavy atom. The molecule has 0 saturated carbocycles. The van der Waals surface area contributed by atoms with Crippen LogP contribution in [0, 0.1) is 0 Å². The van der Waals surface area contributed by atoms with Crippen LogP contribution in [-0.2, 0) is 0 Å². The molecule has 19 heavy (non-hydrogen) atoms. The molecule has 0 bridgehead atoms. The van der Waals surface area contributed by atoms with Gasteiger partial charge in [0.25, 0.3) is 0 Å². The summed E-state index contributed by atoms with van der Waals surface area (Å²) < 4.78 is 5.14. The van der Waals surface area contributed by atoms with E-state index in [0.29, 0.717) is 5.89 Å². The molecule has 5 heteroatoms. The molecular weight excluding hydrogens is 244 g/mol. The van der Waals surface area contributed by atoms with Crippen LogP contribution in [0.5, 0.6) is 0 Å². The maximum absolute atomic E-state index is 10.7. The Hall–Kier alpha value is -2.30. The van der Waals surface area contributed by atoms with Crippen molar-refractivity contribution >= 4 is 11.7 Å². The number of aromatic carboxylic acids is 1. The van der Waals surface area contributed by atoms with Gasteiger partial charge in [-0.1, -0.05) is 0 Å². The first-order valence-electron chi connectivity index (χ1n) is 5.92. The lowest BCUT2D eigenvalue weighted by atomic mass is 10.1. The highest BCUT2D eigenvalue weighted by molar-refractivity contribution is 5.85. The minimum absolute atomic E-state index is 0.0130. The standard InChI is InChI=1S/C14H16N2O3/c1-14(2,3)16-10-6-4-9(5-7-10)12-15-11(8-19-12)13(17)18/h4-8,16H,1-3H3,(H,17,18). The number of nitrogens with one attached hydrogen (secondary N) is 1. The van der Waals surface area contributed by atoms with Crippen LogP contribution < -0.4 is 5.32 Å². The molecular formula is C14H16N2O3. The number of hydrogen-bond donors (Lipinski definition) is 2. The number of carboxylic acids is 1. The Balaban J connectivity index is 2.20. The second-order valence-corrected chi connectivity index (χ2v) is 5.30. The SMILES string of the molecule is CC(C)(C)Nc1ccc(-c2nc(C(=O)O)co2)cc1. The number of aromatic nitrogens is 1. The Morgan fingerprint density at radius 2 is 1.89 bits per heavy atom. The van der Waals surface area contributed by atoms with Crippen LogP contribution in [0.2, 0.25) is 0 Å². The van der Waals surface area contributed by atoms with Crippen molar-refractivity contribution in [2.24, 2.45) is 0 Å². The highest BCUT2D eigenvalue weighted by Gasteiger charge is 2.13. The number of hydrogen-bond acceptors (Lipinski definition) is 4. The second-order valence-electron chi connectivity index (χ2n) is 5.30. The van der Waals surface area contributed by atoms with Crippen molar-refractivity contribution in [2.45, 2.75) is 26.3 Å². The molecule has 0 aliphatic heterocycles. The molecule has 100 valence electrons. The predicted molar refractivity (Wildman–Crippen MR) is 72.3 cm³/mol. The summed E-state index contributed by atoms with van der Waals surface area (Å²) in [6, 6.07) is 7.49. The van der Waals surface area contributed by atoms with E-state index in [4.69, 9.17) is 9.52 Å². The van der Waals surface area contributed by atoms with E-state index in [1.54, 1.807) is 0 Å². The fourth-order valence-corrected chi connectivity index (χ4v) is 1.63. The molecule has 0 atom stereocenters. The molecule has 0 amide bonds. The van der Waals surface area contributed by atoms with Gasteiger partial charge in [-0.15, -0.1) is 0 Å². The molecule has 2 aromatic rings. The third kappa shape index (κ3) is 3.34. The number of nitrogens with zero attached hydrogens (tertiary/aromatic N) is 1. The lowest BCUT2D eigenvalue weighted by Gasteiger charge is -2.22. The van der Waals surface area contributed by atoms with E-state index < -0.39 is 5.97 Å². The zero-order chi connectivity index (χ0) is 14.0. The number of carbonyl (C=O) groups is 1. The Kier molecular flexibility index (Phi) is 3.29. The summed E-state index contributed by atoms with van der Waals surface area (Å²) >= 11 is 0. The zero-order valence-electron chi connectivity index (χ0n) is 11.1. The van der Waals surface area contributed by atoms with E-state index >= 15 is 0 Å². The lowest BCUT2D eigenvalue weighted by molar-refractivity contribution is 0.0690. The van der Waals surface area contributed by atoms with Crippen molar-refractivity contribution in [3.63, 3.8) is 0 Å². The molecule has 0 radical (unpaired) electrons. The number of oxazole rings is 1. The molecule has 5 nitrogen and oxygen atoms in total. The van der Waals surface area contributed by atoms with Crippen LogP contribution in [0.4, 0.5) is 5.69 Å². The first-order chi connectivity index (χ1) is 8.85. The average Bonchev–Trinajstić information content (AvgIpc) is 2.77. The molecule has 1 aromatic carbocycles. The van der Waals surface area contributed by atoms with Gasteiger partial charge >= 0.3 is 5.97 Å². The van der Waals surface area contributed by atoms with E-state index in [2.05, 4.69) is 31.1 Å². The summed E-state index contributed by atoms with van der Waals surface area (Å²) in [7, 11) is 0. The summed E-state index contributed by atoms with van der Waals surface area (Å²) in [5, 5.41) is 12.1. The van der Waals surface area contributed by atoms with Crippen LogP contribution in [0.1, 0.15) is 31.3 Å². The first-order valence-corrected chi connectivity index (χ1v) is 5.92. The minimum atomic E-state index is -1.10. The topological polar surface area (TPSA) is 75.4 Å². The van der Waals surface area contributed by atoms with Gasteiger partial charge < -0.3 is 14.8 Å². The molecule has 0 fully saturated rings. The predicted octanol–water partition coefficient (Wildman–Crippen LogP) is 3.25. The van der Waals surface area contributed by atoms with Crippen LogP contribution >= 0.6 is 0 Å². The maximum Gasteiger partial charge on any atom is 0.357 e. The van der Waals surface area contributed by atoms with Crippen molar-refractivity contribution in [3.8, 4) is 11.5 Å². The number of rotatable bonds is 3. The van der Waals surface area contributed by atoms with E-state index in [1.165, 1.54) is 0 Å². The van der Waals surface area contributed by atoms with Crippen LogP contribution in [0.25, 0.3) is 11.5 Å². The average molecular weight is 260 g/mol. The third-order valence-corrected chi connectivity index (χ3v) is 2.37. The summed E-state index contributed by atoms with van der Waals surface area (Å²) in [6.45, 7) is 6.23. The summed E-state index contributed by atoms with van der Waals surface area (Å²) in [4.78, 5) is 14.6. The normalized spacial score (nSPS) is 11.3. The molecule has 1 aromatic heterocycles. The van der Waals surface area contributed by atoms with Gasteiger partial charge in [0.15, 0.2) is 5.69 Å². The van der Waals surface area contributed by atoms with E-state index in [0.717, 1.165) is 17.5 Å². The molecule has 1 heterocycles. The van der Waals surface area contributed by atoms with Gasteiger partial charge in [-0.05, 0) is 45.0 Å². The number of benzene rings is 1. The molecule has 0 saturated heterocycles. The Bertz CT molecular complexity index is 579. The summed E-state index contributed by atoms with van der Waals surface area (Å²) in [6.07, 6.45) is 1.14. The van der Waals surface area contributed by atoms with Crippen molar-refractivity contribution in [1.82, 2.24) is 4.98 Å². The summed E-state index contributed by atoms with van der Waals surface area (Å²) in [5.74, 6) is -0.791. The molecule has 0 aliphatic rings. The quantitative estimate of drug-likeness (QED) is 0.886. The zero-order valence-corrected chi connectivity index (χ0v) is 11.1. The highest BCUT2D eigenvalue weighted by atomic mass is 16.4. The fraction of sp³-hybridized carbons (Fsp3) is 0.286. The maximum atomic E-state index is 10.7. The van der Waals surface area contributed by atoms with Crippen LogP contribution in [0.3, 0.4) is 0 Å². The Morgan fingerprint density at radius 3 is 2.37 bits per heavy atom. The van der Waals surface area contributed by atoms with Gasteiger partial charge in [-0.25, -0.2) is 9.78 Å². The molecule has 2 N–H and O–H groups in total. The van der Waals surface area contributed by atoms with Crippen molar-refractivity contribution in [2.75, 3.05) is 5.32 Å². The van der Waals surface area contributed by atoms with Gasteiger partial charge in [0.2, 0.25) is 5.89 Å². The second kappa shape index (κ2) is 4.76. The van der Waals surface area contributed by atoms with Gasteiger partial charge in [0, 0.05) is 16.8 Å². The number of carboxylic acid groups (broad SMARTS) is 1. The molecule has 0 unspecified atom stereocenters. The highest BCUT2D eigenvalue weighted by Crippen LogP contribution is 2.22. The van der Waals surface area contributed by atoms with Gasteiger partial charge in [-0.2, -0.15) is 0 Å². The minimum Gasteiger partial charge on any atom is -0.476 e. The molecule has 0 aliphatic carbocycles. The Labute approximate surface area is 111 Å². The van der Waals surface area contributed by atoms with Crippen molar-refractivity contribution < 1.29 is 14.3 Å². The smallest absolute Gasteiger partial charge is 0.357 e. The first kappa shape index (κ1) is 13.1. The van der Waals surface area contributed by atoms with Gasteiger partial charge in [0.05, 0.1) is 0 Å². The van der Waals surface area contributed by atoms with Crippen molar-refractivity contribution in [1.29, 1.82) is 0 Å². The number of anilines is 1. The molecule has 0 spiro atoms. The van der Waals surface area contributed by atoms with E-state index in [9.17, 15) is 4.79 Å². The molecule has 2 rings (SSSR count). The van der Waals surface area contributed by atoms with Crippen LogP contribution in [0.15, 0.2) is 34.9 Å². The van der Waals surface area contributed by atoms with Gasteiger partial charge in [-0.3, -0.25) is 0 Å².